The molecule has 1 aliphatic heterocycles. The fourth-order valence-corrected chi connectivity index (χ4v) is 3.23. The maximum absolute atomic E-state index is 12.8. The van der Waals surface area contributed by atoms with Crippen molar-refractivity contribution in [3.63, 3.8) is 0 Å². The zero-order chi connectivity index (χ0) is 20.2. The lowest BCUT2D eigenvalue weighted by Gasteiger charge is -2.24. The van der Waals surface area contributed by atoms with E-state index < -0.39 is 5.92 Å². The summed E-state index contributed by atoms with van der Waals surface area (Å²) in [5.74, 6) is 0.0718. The van der Waals surface area contributed by atoms with Crippen LogP contribution in [0.4, 0.5) is 5.69 Å². The van der Waals surface area contributed by atoms with Gasteiger partial charge in [0.15, 0.2) is 0 Å². The standard InChI is InChI=1S/C22H20N4O3/c1-14-8-9-16(13-24-14)29-22-15(5-4-10-23-22)12-25-21(28)18-11-20(27)26-19-7-3-2-6-17(18)19/h2-10,13,18H,11-12H2,1H3,(H,25,28)(H,26,27)/t18-/m1/s1. The first kappa shape index (κ1) is 18.6. The number of pyridine rings is 2. The second kappa shape index (κ2) is 8.10. The molecular weight excluding hydrogens is 368 g/mol. The number of anilines is 1. The zero-order valence-corrected chi connectivity index (χ0v) is 15.9. The second-order valence-corrected chi connectivity index (χ2v) is 6.81. The Balaban J connectivity index is 1.48. The number of aromatic nitrogens is 2. The third-order valence-corrected chi connectivity index (χ3v) is 4.72. The number of carbonyl (C=O) groups excluding carboxylic acids is 2. The van der Waals surface area contributed by atoms with E-state index in [1.165, 1.54) is 0 Å². The maximum atomic E-state index is 12.8. The Morgan fingerprint density at radius 3 is 2.86 bits per heavy atom. The van der Waals surface area contributed by atoms with Crippen molar-refractivity contribution in [2.45, 2.75) is 25.8 Å². The van der Waals surface area contributed by atoms with Crippen LogP contribution in [-0.4, -0.2) is 21.8 Å². The Labute approximate surface area is 168 Å². The summed E-state index contributed by atoms with van der Waals surface area (Å²) < 4.78 is 5.83. The van der Waals surface area contributed by atoms with Crippen molar-refractivity contribution in [2.24, 2.45) is 0 Å². The molecular formula is C22H20N4O3. The lowest BCUT2D eigenvalue weighted by molar-refractivity contribution is -0.126. The van der Waals surface area contributed by atoms with Crippen molar-refractivity contribution < 1.29 is 14.3 Å². The number of carbonyl (C=O) groups is 2. The minimum Gasteiger partial charge on any atom is -0.437 e. The van der Waals surface area contributed by atoms with E-state index in [9.17, 15) is 9.59 Å². The highest BCUT2D eigenvalue weighted by Crippen LogP contribution is 2.32. The number of nitrogens with one attached hydrogen (secondary N) is 2. The minimum absolute atomic E-state index is 0.119. The molecule has 0 aliphatic carbocycles. The number of ether oxygens (including phenoxy) is 1. The Bertz CT molecular complexity index is 1050. The maximum Gasteiger partial charge on any atom is 0.228 e. The first-order valence-electron chi connectivity index (χ1n) is 9.31. The largest absolute Gasteiger partial charge is 0.437 e. The molecule has 7 nitrogen and oxygen atoms in total. The van der Waals surface area contributed by atoms with E-state index in [1.54, 1.807) is 24.5 Å². The molecule has 1 aliphatic rings. The molecule has 2 amide bonds. The fourth-order valence-electron chi connectivity index (χ4n) is 3.23. The normalized spacial score (nSPS) is 15.2. The summed E-state index contributed by atoms with van der Waals surface area (Å²) in [7, 11) is 0. The van der Waals surface area contributed by atoms with E-state index in [2.05, 4.69) is 20.6 Å². The molecule has 0 saturated carbocycles. The molecule has 0 spiro atoms. The third kappa shape index (κ3) is 4.24. The van der Waals surface area contributed by atoms with Gasteiger partial charge in [-0.25, -0.2) is 4.98 Å². The van der Waals surface area contributed by atoms with Gasteiger partial charge in [0.2, 0.25) is 17.7 Å². The van der Waals surface area contributed by atoms with E-state index in [4.69, 9.17) is 4.74 Å². The van der Waals surface area contributed by atoms with Gasteiger partial charge in [-0.15, -0.1) is 0 Å². The summed E-state index contributed by atoms with van der Waals surface area (Å²) in [5, 5.41) is 5.71. The summed E-state index contributed by atoms with van der Waals surface area (Å²) in [6, 6.07) is 14.6. The minimum atomic E-state index is -0.526. The van der Waals surface area contributed by atoms with Gasteiger partial charge in [0.25, 0.3) is 0 Å². The molecule has 0 radical (unpaired) electrons. The Hall–Kier alpha value is -3.74. The number of fused-ring (bicyclic) bond motifs is 1. The molecule has 0 fully saturated rings. The van der Waals surface area contributed by atoms with E-state index in [1.807, 2.05) is 43.3 Å². The average Bonchev–Trinajstić information content (AvgIpc) is 2.74. The number of hydrogen-bond donors (Lipinski definition) is 2. The summed E-state index contributed by atoms with van der Waals surface area (Å²) in [6.45, 7) is 2.14. The number of amides is 2. The number of benzene rings is 1. The van der Waals surface area contributed by atoms with Gasteiger partial charge >= 0.3 is 0 Å². The lowest BCUT2D eigenvalue weighted by Crippen LogP contribution is -2.34. The number of hydrogen-bond acceptors (Lipinski definition) is 5. The highest BCUT2D eigenvalue weighted by molar-refractivity contribution is 6.01. The molecule has 0 saturated heterocycles. The number of aryl methyl sites for hydroxylation is 1. The van der Waals surface area contributed by atoms with E-state index in [0.717, 1.165) is 16.8 Å². The quantitative estimate of drug-likeness (QED) is 0.699. The Kier molecular flexibility index (Phi) is 5.20. The highest BCUT2D eigenvalue weighted by Gasteiger charge is 2.30. The van der Waals surface area contributed by atoms with Crippen molar-refractivity contribution in [1.82, 2.24) is 15.3 Å². The molecule has 2 N–H and O–H groups in total. The van der Waals surface area contributed by atoms with E-state index in [0.29, 0.717) is 17.3 Å². The molecule has 0 bridgehead atoms. The van der Waals surface area contributed by atoms with Crippen LogP contribution in [0.1, 0.15) is 29.2 Å². The molecule has 3 heterocycles. The molecule has 2 aromatic heterocycles. The number of rotatable bonds is 5. The first-order valence-corrected chi connectivity index (χ1v) is 9.31. The third-order valence-electron chi connectivity index (χ3n) is 4.72. The summed E-state index contributed by atoms with van der Waals surface area (Å²) >= 11 is 0. The van der Waals surface area contributed by atoms with Crippen LogP contribution in [0.3, 0.4) is 0 Å². The van der Waals surface area contributed by atoms with Crippen LogP contribution in [0.25, 0.3) is 0 Å². The Morgan fingerprint density at radius 2 is 2.03 bits per heavy atom. The fraction of sp³-hybridized carbons (Fsp3) is 0.182. The molecule has 29 heavy (non-hydrogen) atoms. The molecule has 1 aromatic carbocycles. The van der Waals surface area contributed by atoms with Crippen LogP contribution in [-0.2, 0) is 16.1 Å². The first-order chi connectivity index (χ1) is 14.1. The molecule has 1 atom stereocenters. The van der Waals surface area contributed by atoms with Crippen LogP contribution in [0.5, 0.6) is 11.6 Å². The molecule has 146 valence electrons. The molecule has 7 heteroatoms. The second-order valence-electron chi connectivity index (χ2n) is 6.81. The smallest absolute Gasteiger partial charge is 0.228 e. The van der Waals surface area contributed by atoms with Gasteiger partial charge in [0.1, 0.15) is 5.75 Å². The van der Waals surface area contributed by atoms with Crippen LogP contribution in [0.2, 0.25) is 0 Å². The van der Waals surface area contributed by atoms with Crippen molar-refractivity contribution >= 4 is 17.5 Å². The van der Waals surface area contributed by atoms with E-state index in [-0.39, 0.29) is 24.8 Å². The average molecular weight is 388 g/mol. The predicted octanol–water partition coefficient (Wildman–Crippen LogP) is 3.32. The van der Waals surface area contributed by atoms with Crippen molar-refractivity contribution in [2.75, 3.05) is 5.32 Å². The zero-order valence-electron chi connectivity index (χ0n) is 15.9. The van der Waals surface area contributed by atoms with Gasteiger partial charge in [-0.1, -0.05) is 24.3 Å². The van der Waals surface area contributed by atoms with Gasteiger partial charge in [0, 0.05) is 36.1 Å². The molecule has 3 aromatic rings. The lowest BCUT2D eigenvalue weighted by atomic mass is 9.90. The van der Waals surface area contributed by atoms with Gasteiger partial charge in [-0.3, -0.25) is 14.6 Å². The van der Waals surface area contributed by atoms with E-state index >= 15 is 0 Å². The monoisotopic (exact) mass is 388 g/mol. The van der Waals surface area contributed by atoms with Crippen LogP contribution < -0.4 is 15.4 Å². The predicted molar refractivity (Wildman–Crippen MR) is 108 cm³/mol. The highest BCUT2D eigenvalue weighted by atomic mass is 16.5. The van der Waals surface area contributed by atoms with Crippen LogP contribution >= 0.6 is 0 Å². The molecule has 4 rings (SSSR count). The van der Waals surface area contributed by atoms with Crippen LogP contribution in [0.15, 0.2) is 60.9 Å². The topological polar surface area (TPSA) is 93.2 Å². The molecule has 0 unspecified atom stereocenters. The van der Waals surface area contributed by atoms with Crippen molar-refractivity contribution in [3.8, 4) is 11.6 Å². The summed E-state index contributed by atoms with van der Waals surface area (Å²) in [4.78, 5) is 33.3. The van der Waals surface area contributed by atoms with Crippen molar-refractivity contribution in [3.05, 3.63) is 77.7 Å². The summed E-state index contributed by atoms with van der Waals surface area (Å²) in [6.07, 6.45) is 3.38. The summed E-state index contributed by atoms with van der Waals surface area (Å²) in [5.41, 5.74) is 3.12. The van der Waals surface area contributed by atoms with Crippen LogP contribution in [0, 0.1) is 6.92 Å². The van der Waals surface area contributed by atoms with Gasteiger partial charge < -0.3 is 15.4 Å². The number of nitrogens with zero attached hydrogens (tertiary/aromatic N) is 2. The van der Waals surface area contributed by atoms with Gasteiger partial charge in [0.05, 0.1) is 12.1 Å². The van der Waals surface area contributed by atoms with Gasteiger partial charge in [-0.2, -0.15) is 0 Å². The van der Waals surface area contributed by atoms with Crippen molar-refractivity contribution in [1.29, 1.82) is 0 Å². The number of para-hydroxylation sites is 1. The Morgan fingerprint density at radius 1 is 1.17 bits per heavy atom. The van der Waals surface area contributed by atoms with Gasteiger partial charge in [-0.05, 0) is 36.8 Å². The SMILES string of the molecule is Cc1ccc(Oc2ncccc2CNC(=O)[C@@H]2CC(=O)Nc3ccccc32)cn1.